The SMILES string of the molecule is Cc1cc(C(=O)CCl)ccn1. The number of carbonyl (C=O) groups is 1. The summed E-state index contributed by atoms with van der Waals surface area (Å²) in [6.45, 7) is 1.84. The van der Waals surface area contributed by atoms with Crippen molar-refractivity contribution < 1.29 is 4.79 Å². The molecule has 11 heavy (non-hydrogen) atoms. The fourth-order valence-corrected chi connectivity index (χ4v) is 0.950. The number of aryl methyl sites for hydroxylation is 1. The molecule has 1 aromatic heterocycles. The molecule has 0 unspecified atom stereocenters. The number of carbonyl (C=O) groups excluding carboxylic acids is 1. The molecule has 0 aliphatic heterocycles. The maximum atomic E-state index is 11.0. The lowest BCUT2D eigenvalue weighted by atomic mass is 10.2. The minimum Gasteiger partial charge on any atom is -0.293 e. The number of halogens is 1. The van der Waals surface area contributed by atoms with Gasteiger partial charge in [0.15, 0.2) is 5.78 Å². The van der Waals surface area contributed by atoms with E-state index in [4.69, 9.17) is 11.6 Å². The third-order valence-corrected chi connectivity index (χ3v) is 1.58. The molecule has 0 aliphatic carbocycles. The van der Waals surface area contributed by atoms with Crippen LogP contribution < -0.4 is 0 Å². The lowest BCUT2D eigenvalue weighted by Crippen LogP contribution is -2.00. The smallest absolute Gasteiger partial charge is 0.177 e. The first-order valence-corrected chi connectivity index (χ1v) is 3.79. The van der Waals surface area contributed by atoms with Crippen LogP contribution in [0.2, 0.25) is 0 Å². The van der Waals surface area contributed by atoms with E-state index in [1.165, 1.54) is 0 Å². The summed E-state index contributed by atoms with van der Waals surface area (Å²) >= 11 is 5.37. The predicted octanol–water partition coefficient (Wildman–Crippen LogP) is 1.81. The molecule has 0 radical (unpaired) electrons. The Morgan fingerprint density at radius 2 is 2.45 bits per heavy atom. The average Bonchev–Trinajstić information content (AvgIpc) is 2.03. The number of hydrogen-bond acceptors (Lipinski definition) is 2. The summed E-state index contributed by atoms with van der Waals surface area (Å²) in [7, 11) is 0. The minimum atomic E-state index is -0.0582. The molecule has 0 atom stereocenters. The van der Waals surface area contributed by atoms with E-state index in [0.29, 0.717) is 5.56 Å². The van der Waals surface area contributed by atoms with Crippen molar-refractivity contribution in [3.8, 4) is 0 Å². The van der Waals surface area contributed by atoms with E-state index < -0.39 is 0 Å². The van der Waals surface area contributed by atoms with Gasteiger partial charge in [-0.25, -0.2) is 0 Å². The van der Waals surface area contributed by atoms with E-state index in [1.807, 2.05) is 6.92 Å². The standard InChI is InChI=1S/C8H8ClNO/c1-6-4-7(2-3-10-6)8(11)5-9/h2-4H,5H2,1H3. The van der Waals surface area contributed by atoms with Crippen molar-refractivity contribution in [2.24, 2.45) is 0 Å². The summed E-state index contributed by atoms with van der Waals surface area (Å²) in [5, 5.41) is 0. The zero-order valence-corrected chi connectivity index (χ0v) is 6.93. The van der Waals surface area contributed by atoms with Crippen molar-refractivity contribution in [1.29, 1.82) is 0 Å². The molecule has 1 rings (SSSR count). The molecule has 0 aromatic carbocycles. The lowest BCUT2D eigenvalue weighted by Gasteiger charge is -1.96. The van der Waals surface area contributed by atoms with Gasteiger partial charge in [0.2, 0.25) is 0 Å². The minimum absolute atomic E-state index is 0.0312. The summed E-state index contributed by atoms with van der Waals surface area (Å²) in [5.41, 5.74) is 1.47. The van der Waals surface area contributed by atoms with Gasteiger partial charge in [-0.1, -0.05) is 0 Å². The van der Waals surface area contributed by atoms with Crippen LogP contribution in [0.4, 0.5) is 0 Å². The highest BCUT2D eigenvalue weighted by molar-refractivity contribution is 6.30. The van der Waals surface area contributed by atoms with E-state index in [1.54, 1.807) is 18.3 Å². The second kappa shape index (κ2) is 3.49. The molecular formula is C8H8ClNO. The second-order valence-corrected chi connectivity index (χ2v) is 2.51. The van der Waals surface area contributed by atoms with Crippen LogP contribution >= 0.6 is 11.6 Å². The lowest BCUT2D eigenvalue weighted by molar-refractivity contribution is 0.102. The van der Waals surface area contributed by atoms with Crippen LogP contribution in [0.25, 0.3) is 0 Å². The first-order valence-electron chi connectivity index (χ1n) is 3.26. The van der Waals surface area contributed by atoms with Gasteiger partial charge in [-0.2, -0.15) is 0 Å². The Morgan fingerprint density at radius 3 is 3.00 bits per heavy atom. The number of pyridine rings is 1. The number of aromatic nitrogens is 1. The van der Waals surface area contributed by atoms with Crippen LogP contribution in [0, 0.1) is 6.92 Å². The third kappa shape index (κ3) is 2.02. The van der Waals surface area contributed by atoms with E-state index in [2.05, 4.69) is 4.98 Å². The topological polar surface area (TPSA) is 30.0 Å². The molecule has 0 amide bonds. The average molecular weight is 170 g/mol. The van der Waals surface area contributed by atoms with Crippen LogP contribution in [0.3, 0.4) is 0 Å². The van der Waals surface area contributed by atoms with Gasteiger partial charge in [-0.3, -0.25) is 9.78 Å². The highest BCUT2D eigenvalue weighted by Gasteiger charge is 2.02. The summed E-state index contributed by atoms with van der Waals surface area (Å²) in [6.07, 6.45) is 1.61. The molecule has 2 nitrogen and oxygen atoms in total. The predicted molar refractivity (Wildman–Crippen MR) is 44.0 cm³/mol. The van der Waals surface area contributed by atoms with Crippen molar-refractivity contribution in [3.63, 3.8) is 0 Å². The number of Topliss-reactive ketones (excluding diaryl/α,β-unsaturated/α-hetero) is 1. The Morgan fingerprint density at radius 1 is 1.73 bits per heavy atom. The Bertz CT molecular complexity index is 273. The van der Waals surface area contributed by atoms with Crippen molar-refractivity contribution >= 4 is 17.4 Å². The van der Waals surface area contributed by atoms with E-state index in [0.717, 1.165) is 5.69 Å². The Hall–Kier alpha value is -0.890. The van der Waals surface area contributed by atoms with Gasteiger partial charge in [0.05, 0.1) is 5.88 Å². The molecule has 0 spiro atoms. The highest BCUT2D eigenvalue weighted by atomic mass is 35.5. The van der Waals surface area contributed by atoms with Crippen LogP contribution in [0.15, 0.2) is 18.3 Å². The summed E-state index contributed by atoms with van der Waals surface area (Å²) in [5.74, 6) is -0.0270. The maximum absolute atomic E-state index is 11.0. The highest BCUT2D eigenvalue weighted by Crippen LogP contribution is 2.02. The molecule has 0 N–H and O–H groups in total. The Labute approximate surface area is 70.2 Å². The van der Waals surface area contributed by atoms with Gasteiger partial charge in [-0.15, -0.1) is 11.6 Å². The number of alkyl halides is 1. The monoisotopic (exact) mass is 169 g/mol. The van der Waals surface area contributed by atoms with Crippen LogP contribution in [-0.4, -0.2) is 16.6 Å². The molecule has 0 aliphatic rings. The molecule has 0 saturated heterocycles. The Kier molecular flexibility index (Phi) is 2.60. The third-order valence-electron chi connectivity index (χ3n) is 1.34. The first kappa shape index (κ1) is 8.21. The van der Waals surface area contributed by atoms with Crippen molar-refractivity contribution in [2.75, 3.05) is 5.88 Å². The maximum Gasteiger partial charge on any atom is 0.177 e. The van der Waals surface area contributed by atoms with Gasteiger partial charge < -0.3 is 0 Å². The summed E-state index contributed by atoms with van der Waals surface area (Å²) in [6, 6.07) is 3.39. The molecule has 0 saturated carbocycles. The molecule has 58 valence electrons. The summed E-state index contributed by atoms with van der Waals surface area (Å²) in [4.78, 5) is 15.0. The van der Waals surface area contributed by atoms with Gasteiger partial charge >= 0.3 is 0 Å². The van der Waals surface area contributed by atoms with E-state index >= 15 is 0 Å². The molecular weight excluding hydrogens is 162 g/mol. The van der Waals surface area contributed by atoms with Crippen molar-refractivity contribution in [2.45, 2.75) is 6.92 Å². The van der Waals surface area contributed by atoms with Crippen LogP contribution in [0.5, 0.6) is 0 Å². The molecule has 3 heteroatoms. The van der Waals surface area contributed by atoms with Gasteiger partial charge in [0.1, 0.15) is 0 Å². The quantitative estimate of drug-likeness (QED) is 0.499. The second-order valence-electron chi connectivity index (χ2n) is 2.24. The van der Waals surface area contributed by atoms with E-state index in [9.17, 15) is 4.79 Å². The first-order chi connectivity index (χ1) is 5.24. The Balaban J connectivity index is 2.96. The molecule has 1 heterocycles. The fraction of sp³-hybridized carbons (Fsp3) is 0.250. The number of nitrogens with zero attached hydrogens (tertiary/aromatic N) is 1. The van der Waals surface area contributed by atoms with Crippen LogP contribution in [0.1, 0.15) is 16.1 Å². The molecule has 0 fully saturated rings. The zero-order chi connectivity index (χ0) is 8.27. The number of rotatable bonds is 2. The van der Waals surface area contributed by atoms with Crippen molar-refractivity contribution in [3.05, 3.63) is 29.6 Å². The van der Waals surface area contributed by atoms with Crippen LogP contribution in [-0.2, 0) is 0 Å². The zero-order valence-electron chi connectivity index (χ0n) is 6.17. The molecule has 0 bridgehead atoms. The fourth-order valence-electron chi connectivity index (χ4n) is 0.796. The van der Waals surface area contributed by atoms with Gasteiger partial charge in [0, 0.05) is 17.5 Å². The normalized spacial score (nSPS) is 9.64. The van der Waals surface area contributed by atoms with Gasteiger partial charge in [-0.05, 0) is 19.1 Å². The number of ketones is 1. The summed E-state index contributed by atoms with van der Waals surface area (Å²) < 4.78 is 0. The van der Waals surface area contributed by atoms with E-state index in [-0.39, 0.29) is 11.7 Å². The largest absolute Gasteiger partial charge is 0.293 e. The number of hydrogen-bond donors (Lipinski definition) is 0. The van der Waals surface area contributed by atoms with Gasteiger partial charge in [0.25, 0.3) is 0 Å². The molecule has 1 aromatic rings. The van der Waals surface area contributed by atoms with Crippen molar-refractivity contribution in [1.82, 2.24) is 4.98 Å².